The largest absolute Gasteiger partial charge is 0.383 e. The van der Waals surface area contributed by atoms with Gasteiger partial charge in [-0.1, -0.05) is 41.9 Å². The van der Waals surface area contributed by atoms with Gasteiger partial charge in [0, 0.05) is 15.6 Å². The predicted octanol–water partition coefficient (Wildman–Crippen LogP) is 3.61. The van der Waals surface area contributed by atoms with E-state index in [0.717, 1.165) is 21.3 Å². The predicted molar refractivity (Wildman–Crippen MR) is 73.7 cm³/mol. The fourth-order valence-electron chi connectivity index (χ4n) is 1.84. The Morgan fingerprint density at radius 1 is 1.24 bits per heavy atom. The Morgan fingerprint density at radius 3 is 2.65 bits per heavy atom. The molecule has 0 unspecified atom stereocenters. The van der Waals surface area contributed by atoms with Crippen LogP contribution in [0.3, 0.4) is 0 Å². The van der Waals surface area contributed by atoms with Crippen molar-refractivity contribution in [1.82, 2.24) is 9.97 Å². The van der Waals surface area contributed by atoms with Crippen LogP contribution in [0.1, 0.15) is 25.3 Å². The number of nitrogen functional groups attached to an aromatic ring is 1. The van der Waals surface area contributed by atoms with Crippen molar-refractivity contribution >= 4 is 21.7 Å². The molecule has 0 aliphatic carbocycles. The zero-order chi connectivity index (χ0) is 12.4. The van der Waals surface area contributed by atoms with Crippen molar-refractivity contribution in [2.24, 2.45) is 0 Å². The first kappa shape index (κ1) is 12.0. The molecule has 0 fully saturated rings. The molecule has 17 heavy (non-hydrogen) atoms. The van der Waals surface area contributed by atoms with Crippen LogP contribution in [-0.2, 0) is 0 Å². The average Bonchev–Trinajstić information content (AvgIpc) is 2.28. The van der Waals surface area contributed by atoms with E-state index in [0.29, 0.717) is 11.7 Å². The van der Waals surface area contributed by atoms with E-state index in [1.807, 2.05) is 24.3 Å². The third-order valence-corrected chi connectivity index (χ3v) is 3.08. The molecule has 0 aliphatic rings. The molecule has 0 aliphatic heterocycles. The Kier molecular flexibility index (Phi) is 3.43. The lowest BCUT2D eigenvalue weighted by atomic mass is 9.98. The van der Waals surface area contributed by atoms with Crippen LogP contribution < -0.4 is 5.73 Å². The van der Waals surface area contributed by atoms with Gasteiger partial charge in [-0.2, -0.15) is 0 Å². The summed E-state index contributed by atoms with van der Waals surface area (Å²) in [7, 11) is 0. The van der Waals surface area contributed by atoms with E-state index in [4.69, 9.17) is 5.73 Å². The van der Waals surface area contributed by atoms with Crippen molar-refractivity contribution in [3.8, 4) is 11.3 Å². The van der Waals surface area contributed by atoms with E-state index in [1.54, 1.807) is 0 Å². The molecule has 4 heteroatoms. The van der Waals surface area contributed by atoms with Gasteiger partial charge in [0.2, 0.25) is 0 Å². The van der Waals surface area contributed by atoms with Crippen LogP contribution in [-0.4, -0.2) is 9.97 Å². The molecular weight excluding hydrogens is 278 g/mol. The minimum absolute atomic E-state index is 0.296. The molecular formula is C13H14BrN3. The number of anilines is 1. The lowest BCUT2D eigenvalue weighted by Gasteiger charge is -2.13. The highest BCUT2D eigenvalue weighted by molar-refractivity contribution is 9.10. The number of benzene rings is 1. The Labute approximate surface area is 109 Å². The van der Waals surface area contributed by atoms with Crippen LogP contribution >= 0.6 is 15.9 Å². The summed E-state index contributed by atoms with van der Waals surface area (Å²) >= 11 is 3.46. The number of nitrogens with two attached hydrogens (primary N) is 1. The van der Waals surface area contributed by atoms with Gasteiger partial charge in [-0.15, -0.1) is 0 Å². The number of nitrogens with zero attached hydrogens (tertiary/aromatic N) is 2. The minimum Gasteiger partial charge on any atom is -0.383 e. The Morgan fingerprint density at radius 2 is 2.00 bits per heavy atom. The molecule has 2 aromatic rings. The summed E-state index contributed by atoms with van der Waals surface area (Å²) in [4.78, 5) is 8.42. The van der Waals surface area contributed by atoms with Crippen molar-refractivity contribution in [2.45, 2.75) is 19.8 Å². The average molecular weight is 292 g/mol. The maximum absolute atomic E-state index is 5.93. The highest BCUT2D eigenvalue weighted by atomic mass is 79.9. The van der Waals surface area contributed by atoms with E-state index in [-0.39, 0.29) is 0 Å². The summed E-state index contributed by atoms with van der Waals surface area (Å²) in [6.45, 7) is 4.19. The van der Waals surface area contributed by atoms with Crippen molar-refractivity contribution in [2.75, 3.05) is 5.73 Å². The maximum Gasteiger partial charge on any atom is 0.130 e. The number of hydrogen-bond donors (Lipinski definition) is 1. The highest BCUT2D eigenvalue weighted by Gasteiger charge is 2.14. The van der Waals surface area contributed by atoms with E-state index in [2.05, 4.69) is 39.7 Å². The standard InChI is InChI=1S/C13H14BrN3/c1-8(2)11-12(16-7-17-13(11)15)9-4-3-5-10(14)6-9/h3-8H,1-2H3,(H2,15,16,17). The number of halogens is 1. The zero-order valence-corrected chi connectivity index (χ0v) is 11.4. The summed E-state index contributed by atoms with van der Waals surface area (Å²) in [6.07, 6.45) is 1.51. The quantitative estimate of drug-likeness (QED) is 0.920. The first-order valence-corrected chi connectivity index (χ1v) is 6.25. The molecule has 3 nitrogen and oxygen atoms in total. The van der Waals surface area contributed by atoms with Gasteiger partial charge in [0.05, 0.1) is 5.69 Å². The SMILES string of the molecule is CC(C)c1c(N)ncnc1-c1cccc(Br)c1. The molecule has 1 aromatic heterocycles. The van der Waals surface area contributed by atoms with Gasteiger partial charge >= 0.3 is 0 Å². The van der Waals surface area contributed by atoms with Crippen LogP contribution in [0.5, 0.6) is 0 Å². The van der Waals surface area contributed by atoms with Crippen molar-refractivity contribution in [3.63, 3.8) is 0 Å². The second-order valence-corrected chi connectivity index (χ2v) is 5.10. The van der Waals surface area contributed by atoms with E-state index < -0.39 is 0 Å². The second-order valence-electron chi connectivity index (χ2n) is 4.19. The van der Waals surface area contributed by atoms with Crippen LogP contribution in [0.15, 0.2) is 35.1 Å². The van der Waals surface area contributed by atoms with Crippen molar-refractivity contribution in [3.05, 3.63) is 40.6 Å². The van der Waals surface area contributed by atoms with Gasteiger partial charge < -0.3 is 5.73 Å². The molecule has 0 spiro atoms. The monoisotopic (exact) mass is 291 g/mol. The lowest BCUT2D eigenvalue weighted by Crippen LogP contribution is -2.04. The highest BCUT2D eigenvalue weighted by Crippen LogP contribution is 2.31. The third kappa shape index (κ3) is 2.47. The molecule has 88 valence electrons. The van der Waals surface area contributed by atoms with E-state index in [1.165, 1.54) is 6.33 Å². The van der Waals surface area contributed by atoms with Gasteiger partial charge in [-0.05, 0) is 18.1 Å². The Hall–Kier alpha value is -1.42. The summed E-state index contributed by atoms with van der Waals surface area (Å²) in [6, 6.07) is 8.04. The first-order chi connectivity index (χ1) is 8.09. The Bertz CT molecular complexity index is 538. The zero-order valence-electron chi connectivity index (χ0n) is 9.81. The van der Waals surface area contributed by atoms with Crippen LogP contribution in [0.2, 0.25) is 0 Å². The third-order valence-electron chi connectivity index (χ3n) is 2.59. The molecule has 2 rings (SSSR count). The van der Waals surface area contributed by atoms with Crippen LogP contribution in [0, 0.1) is 0 Å². The molecule has 2 N–H and O–H groups in total. The summed E-state index contributed by atoms with van der Waals surface area (Å²) in [5.41, 5.74) is 8.90. The smallest absolute Gasteiger partial charge is 0.130 e. The van der Waals surface area contributed by atoms with Crippen LogP contribution in [0.4, 0.5) is 5.82 Å². The Balaban J connectivity index is 2.63. The fourth-order valence-corrected chi connectivity index (χ4v) is 2.24. The van der Waals surface area contributed by atoms with Crippen molar-refractivity contribution < 1.29 is 0 Å². The number of rotatable bonds is 2. The van der Waals surface area contributed by atoms with Gasteiger partial charge in [0.25, 0.3) is 0 Å². The van der Waals surface area contributed by atoms with Gasteiger partial charge in [-0.3, -0.25) is 0 Å². The summed E-state index contributed by atoms with van der Waals surface area (Å²) in [5.74, 6) is 0.857. The molecule has 0 atom stereocenters. The normalized spacial score (nSPS) is 10.8. The molecule has 0 radical (unpaired) electrons. The van der Waals surface area contributed by atoms with Gasteiger partial charge in [0.15, 0.2) is 0 Å². The molecule has 0 saturated carbocycles. The maximum atomic E-state index is 5.93. The topological polar surface area (TPSA) is 51.8 Å². The molecule has 1 aromatic carbocycles. The summed E-state index contributed by atoms with van der Waals surface area (Å²) in [5, 5.41) is 0. The number of hydrogen-bond acceptors (Lipinski definition) is 3. The second kappa shape index (κ2) is 4.84. The minimum atomic E-state index is 0.296. The summed E-state index contributed by atoms with van der Waals surface area (Å²) < 4.78 is 1.03. The molecule has 0 saturated heterocycles. The van der Waals surface area contributed by atoms with Gasteiger partial charge in [0.1, 0.15) is 12.1 Å². The number of aromatic nitrogens is 2. The van der Waals surface area contributed by atoms with Gasteiger partial charge in [-0.25, -0.2) is 9.97 Å². The molecule has 0 amide bonds. The van der Waals surface area contributed by atoms with Crippen LogP contribution in [0.25, 0.3) is 11.3 Å². The molecule has 0 bridgehead atoms. The first-order valence-electron chi connectivity index (χ1n) is 5.46. The molecule has 1 heterocycles. The van der Waals surface area contributed by atoms with Crippen molar-refractivity contribution in [1.29, 1.82) is 0 Å². The fraction of sp³-hybridized carbons (Fsp3) is 0.231. The lowest BCUT2D eigenvalue weighted by molar-refractivity contribution is 0.854. The van der Waals surface area contributed by atoms with E-state index in [9.17, 15) is 0 Å². The van der Waals surface area contributed by atoms with E-state index >= 15 is 0 Å².